The lowest BCUT2D eigenvalue weighted by atomic mass is 10.1. The summed E-state index contributed by atoms with van der Waals surface area (Å²) in [5, 5.41) is 24.1. The zero-order chi connectivity index (χ0) is 18.1. The van der Waals surface area contributed by atoms with Gasteiger partial charge in [-0.15, -0.1) is 10.2 Å². The summed E-state index contributed by atoms with van der Waals surface area (Å²) in [6.45, 7) is 1.78. The van der Waals surface area contributed by atoms with Crippen LogP contribution in [-0.4, -0.2) is 30.8 Å². The molecule has 2 aromatic heterocycles. The van der Waals surface area contributed by atoms with Gasteiger partial charge in [-0.1, -0.05) is 18.2 Å². The summed E-state index contributed by atoms with van der Waals surface area (Å²) in [4.78, 5) is 17.8. The van der Waals surface area contributed by atoms with Gasteiger partial charge >= 0.3 is 0 Å². The maximum absolute atomic E-state index is 10.7. The van der Waals surface area contributed by atoms with Gasteiger partial charge in [-0.05, 0) is 30.7 Å². The minimum atomic E-state index is -0.441. The van der Waals surface area contributed by atoms with Crippen molar-refractivity contribution in [2.75, 3.05) is 5.43 Å². The van der Waals surface area contributed by atoms with Crippen LogP contribution in [0.3, 0.4) is 0 Å². The lowest BCUT2D eigenvalue weighted by Crippen LogP contribution is -2.03. The molecule has 9 nitrogen and oxygen atoms in total. The van der Waals surface area contributed by atoms with Gasteiger partial charge in [0.1, 0.15) is 5.52 Å². The predicted molar refractivity (Wildman–Crippen MR) is 98.1 cm³/mol. The van der Waals surface area contributed by atoms with Crippen molar-refractivity contribution < 1.29 is 4.92 Å². The highest BCUT2D eigenvalue weighted by Gasteiger charge is 2.09. The number of nitrogens with zero attached hydrogens (tertiary/aromatic N) is 5. The Bertz CT molecular complexity index is 1150. The molecule has 0 atom stereocenters. The van der Waals surface area contributed by atoms with Crippen LogP contribution in [0.1, 0.15) is 12.5 Å². The lowest BCUT2D eigenvalue weighted by Gasteiger charge is -2.02. The molecule has 0 bridgehead atoms. The van der Waals surface area contributed by atoms with Crippen LogP contribution in [0.4, 0.5) is 11.6 Å². The largest absolute Gasteiger partial charge is 0.338 e. The molecule has 2 heterocycles. The molecule has 9 heteroatoms. The monoisotopic (exact) mass is 347 g/mol. The van der Waals surface area contributed by atoms with Gasteiger partial charge in [0.2, 0.25) is 0 Å². The highest BCUT2D eigenvalue weighted by molar-refractivity contribution is 6.03. The van der Waals surface area contributed by atoms with Crippen molar-refractivity contribution in [1.29, 1.82) is 0 Å². The number of aromatic nitrogens is 4. The number of rotatable bonds is 4. The third kappa shape index (κ3) is 2.81. The summed E-state index contributed by atoms with van der Waals surface area (Å²) in [7, 11) is 0. The summed E-state index contributed by atoms with van der Waals surface area (Å²) in [5.74, 6) is 0.255. The van der Waals surface area contributed by atoms with Crippen LogP contribution >= 0.6 is 0 Å². The fraction of sp³-hybridized carbons (Fsp3) is 0.0588. The Kier molecular flexibility index (Phi) is 3.73. The van der Waals surface area contributed by atoms with E-state index in [1.54, 1.807) is 19.1 Å². The summed E-state index contributed by atoms with van der Waals surface area (Å²) < 4.78 is 0. The third-order valence-corrected chi connectivity index (χ3v) is 3.94. The highest BCUT2D eigenvalue weighted by atomic mass is 16.6. The molecule has 0 amide bonds. The summed E-state index contributed by atoms with van der Waals surface area (Å²) in [6.07, 6.45) is 0. The van der Waals surface area contributed by atoms with Crippen LogP contribution in [-0.2, 0) is 0 Å². The molecule has 0 saturated carbocycles. The average Bonchev–Trinajstić information content (AvgIpc) is 3.04. The summed E-state index contributed by atoms with van der Waals surface area (Å²) in [6, 6.07) is 13.9. The van der Waals surface area contributed by atoms with Gasteiger partial charge < -0.3 is 4.98 Å². The highest BCUT2D eigenvalue weighted by Crippen LogP contribution is 2.21. The number of fused-ring (bicyclic) bond motifs is 3. The molecule has 4 aromatic rings. The number of hydrazone groups is 1. The first-order chi connectivity index (χ1) is 12.6. The quantitative estimate of drug-likeness (QED) is 0.332. The smallest absolute Gasteiger partial charge is 0.269 e. The van der Waals surface area contributed by atoms with Crippen molar-refractivity contribution in [3.05, 3.63) is 64.2 Å². The first kappa shape index (κ1) is 15.6. The number of nitrogens with one attached hydrogen (secondary N) is 2. The number of hydrogen-bond acceptors (Lipinski definition) is 7. The maximum Gasteiger partial charge on any atom is 0.269 e. The number of anilines is 1. The molecular weight excluding hydrogens is 334 g/mol. The van der Waals surface area contributed by atoms with Gasteiger partial charge in [0, 0.05) is 23.0 Å². The van der Waals surface area contributed by atoms with E-state index in [0.717, 1.165) is 16.5 Å². The standard InChI is InChI=1S/C17H13N7O2/c1-10(11-6-8-12(9-7-11)24(25)26)20-22-17-19-16-15(21-23-17)13-4-2-3-5-14(13)18-16/h2-9H,1H3,(H2,18,19,22,23)/b20-10-. The van der Waals surface area contributed by atoms with Crippen molar-refractivity contribution in [3.63, 3.8) is 0 Å². The van der Waals surface area contributed by atoms with Crippen molar-refractivity contribution in [2.45, 2.75) is 6.92 Å². The molecule has 2 N–H and O–H groups in total. The Hall–Kier alpha value is -3.88. The minimum Gasteiger partial charge on any atom is -0.338 e. The van der Waals surface area contributed by atoms with Crippen molar-refractivity contribution in [1.82, 2.24) is 20.2 Å². The molecule has 0 spiro atoms. The Balaban J connectivity index is 1.59. The van der Waals surface area contributed by atoms with Crippen LogP contribution < -0.4 is 5.43 Å². The SMILES string of the molecule is C/C(=N/Nc1nnc2c(n1)[nH]c1ccccc12)c1ccc([N+](=O)[O-])cc1. The minimum absolute atomic E-state index is 0.0336. The van der Waals surface area contributed by atoms with E-state index in [1.165, 1.54) is 12.1 Å². The number of H-pyrrole nitrogens is 1. The number of hydrogen-bond donors (Lipinski definition) is 2. The molecule has 0 aliphatic rings. The average molecular weight is 347 g/mol. The zero-order valence-electron chi connectivity index (χ0n) is 13.7. The summed E-state index contributed by atoms with van der Waals surface area (Å²) in [5.41, 5.74) is 6.44. The second-order valence-electron chi connectivity index (χ2n) is 5.62. The molecule has 0 aliphatic heterocycles. The van der Waals surface area contributed by atoms with E-state index in [0.29, 0.717) is 16.9 Å². The van der Waals surface area contributed by atoms with E-state index < -0.39 is 4.92 Å². The normalized spacial score (nSPS) is 11.8. The molecule has 2 aromatic carbocycles. The van der Waals surface area contributed by atoms with Gasteiger partial charge in [-0.25, -0.2) is 5.43 Å². The van der Waals surface area contributed by atoms with Gasteiger partial charge in [-0.2, -0.15) is 10.1 Å². The Morgan fingerprint density at radius 1 is 1.15 bits per heavy atom. The molecule has 0 aliphatic carbocycles. The molecule has 0 fully saturated rings. The van der Waals surface area contributed by atoms with E-state index >= 15 is 0 Å². The first-order valence-corrected chi connectivity index (χ1v) is 7.78. The molecule has 0 saturated heterocycles. The number of benzene rings is 2. The fourth-order valence-corrected chi connectivity index (χ4v) is 2.59. The Labute approximate surface area is 146 Å². The molecule has 0 unspecified atom stereocenters. The van der Waals surface area contributed by atoms with Gasteiger partial charge in [0.15, 0.2) is 5.65 Å². The van der Waals surface area contributed by atoms with Gasteiger partial charge in [0.05, 0.1) is 10.6 Å². The van der Waals surface area contributed by atoms with Crippen LogP contribution in [0.15, 0.2) is 53.6 Å². The van der Waals surface area contributed by atoms with Crippen LogP contribution in [0, 0.1) is 10.1 Å². The second kappa shape index (κ2) is 6.20. The first-order valence-electron chi connectivity index (χ1n) is 7.78. The van der Waals surface area contributed by atoms with Crippen LogP contribution in [0.2, 0.25) is 0 Å². The fourth-order valence-electron chi connectivity index (χ4n) is 2.59. The molecular formula is C17H13N7O2. The van der Waals surface area contributed by atoms with E-state index in [9.17, 15) is 10.1 Å². The van der Waals surface area contributed by atoms with E-state index in [1.807, 2.05) is 24.3 Å². The maximum atomic E-state index is 10.7. The number of nitro groups is 1. The topological polar surface area (TPSA) is 122 Å². The number of para-hydroxylation sites is 1. The van der Waals surface area contributed by atoms with Crippen molar-refractivity contribution in [2.24, 2.45) is 5.10 Å². The third-order valence-electron chi connectivity index (χ3n) is 3.94. The van der Waals surface area contributed by atoms with E-state index in [2.05, 4.69) is 30.7 Å². The van der Waals surface area contributed by atoms with E-state index in [-0.39, 0.29) is 11.6 Å². The Morgan fingerprint density at radius 2 is 1.92 bits per heavy atom. The Morgan fingerprint density at radius 3 is 2.69 bits per heavy atom. The molecule has 26 heavy (non-hydrogen) atoms. The van der Waals surface area contributed by atoms with Gasteiger partial charge in [-0.3, -0.25) is 10.1 Å². The number of aromatic amines is 1. The summed E-state index contributed by atoms with van der Waals surface area (Å²) >= 11 is 0. The molecule has 4 rings (SSSR count). The second-order valence-corrected chi connectivity index (χ2v) is 5.62. The zero-order valence-corrected chi connectivity index (χ0v) is 13.7. The van der Waals surface area contributed by atoms with Crippen LogP contribution in [0.5, 0.6) is 0 Å². The molecule has 128 valence electrons. The van der Waals surface area contributed by atoms with Crippen molar-refractivity contribution in [3.8, 4) is 0 Å². The van der Waals surface area contributed by atoms with E-state index in [4.69, 9.17) is 0 Å². The molecule has 0 radical (unpaired) electrons. The number of non-ortho nitro benzene ring substituents is 1. The predicted octanol–water partition coefficient (Wildman–Crippen LogP) is 3.25. The number of nitro benzene ring substituents is 1. The van der Waals surface area contributed by atoms with Crippen molar-refractivity contribution >= 4 is 39.4 Å². The lowest BCUT2D eigenvalue weighted by molar-refractivity contribution is -0.384. The van der Waals surface area contributed by atoms with Crippen LogP contribution in [0.25, 0.3) is 22.1 Å². The van der Waals surface area contributed by atoms with Gasteiger partial charge in [0.25, 0.3) is 11.6 Å².